The number of carbonyl (C=O) groups is 2. The highest BCUT2D eigenvalue weighted by atomic mass is 79.9. The fourth-order valence-electron chi connectivity index (χ4n) is 5.47. The molecular formula is C31H36BrNO7. The summed E-state index contributed by atoms with van der Waals surface area (Å²) < 4.78 is 28.6. The van der Waals surface area contributed by atoms with Crippen LogP contribution < -0.4 is 24.3 Å². The number of allylic oxidation sites excluding steroid dienone is 3. The fourth-order valence-corrected chi connectivity index (χ4v) is 6.10. The topological polar surface area (TPSA) is 92.3 Å². The monoisotopic (exact) mass is 613 g/mol. The number of dihydropyridines is 1. The van der Waals surface area contributed by atoms with Gasteiger partial charge in [0, 0.05) is 29.3 Å². The lowest BCUT2D eigenvalue weighted by Crippen LogP contribution is -2.36. The van der Waals surface area contributed by atoms with Crippen LogP contribution in [0.3, 0.4) is 0 Å². The molecule has 2 atom stereocenters. The third-order valence-corrected chi connectivity index (χ3v) is 7.82. The Morgan fingerprint density at radius 2 is 1.70 bits per heavy atom. The second kappa shape index (κ2) is 12.8. The van der Waals surface area contributed by atoms with Crippen LogP contribution in [0.2, 0.25) is 0 Å². The summed E-state index contributed by atoms with van der Waals surface area (Å²) in [7, 11) is 4.76. The highest BCUT2D eigenvalue weighted by molar-refractivity contribution is 9.10. The Morgan fingerprint density at radius 3 is 2.35 bits per heavy atom. The molecule has 2 aromatic carbocycles. The van der Waals surface area contributed by atoms with E-state index in [0.29, 0.717) is 76.8 Å². The highest BCUT2D eigenvalue weighted by Gasteiger charge is 2.42. The Kier molecular flexibility index (Phi) is 9.45. The second-order valence-corrected chi connectivity index (χ2v) is 10.6. The summed E-state index contributed by atoms with van der Waals surface area (Å²) in [4.78, 5) is 27.4. The molecule has 2 aromatic rings. The first-order chi connectivity index (χ1) is 19.3. The van der Waals surface area contributed by atoms with Crippen LogP contribution >= 0.6 is 15.9 Å². The predicted octanol–water partition coefficient (Wildman–Crippen LogP) is 6.19. The Labute approximate surface area is 243 Å². The van der Waals surface area contributed by atoms with Crippen LogP contribution in [0.4, 0.5) is 0 Å². The molecule has 0 bridgehead atoms. The van der Waals surface area contributed by atoms with Gasteiger partial charge in [-0.25, -0.2) is 4.79 Å². The molecule has 0 saturated heterocycles. The summed E-state index contributed by atoms with van der Waals surface area (Å²) in [5.74, 6) is 1.16. The van der Waals surface area contributed by atoms with Crippen molar-refractivity contribution in [3.8, 4) is 23.0 Å². The Hall–Kier alpha value is -3.46. The van der Waals surface area contributed by atoms with Gasteiger partial charge in [-0.3, -0.25) is 4.79 Å². The van der Waals surface area contributed by atoms with E-state index in [9.17, 15) is 9.59 Å². The van der Waals surface area contributed by atoms with E-state index in [0.717, 1.165) is 16.8 Å². The number of hydrogen-bond acceptors (Lipinski definition) is 8. The van der Waals surface area contributed by atoms with Gasteiger partial charge in [0.25, 0.3) is 0 Å². The van der Waals surface area contributed by atoms with Crippen molar-refractivity contribution in [3.05, 3.63) is 68.5 Å². The Morgan fingerprint density at radius 1 is 0.975 bits per heavy atom. The van der Waals surface area contributed by atoms with Crippen LogP contribution in [0.1, 0.15) is 63.0 Å². The molecule has 0 saturated carbocycles. The number of hydrogen-bond donors (Lipinski definition) is 1. The van der Waals surface area contributed by atoms with Crippen molar-refractivity contribution in [1.82, 2.24) is 5.32 Å². The van der Waals surface area contributed by atoms with E-state index in [1.807, 2.05) is 51.1 Å². The lowest BCUT2D eigenvalue weighted by atomic mass is 9.71. The molecule has 0 amide bonds. The van der Waals surface area contributed by atoms with E-state index >= 15 is 0 Å². The molecule has 8 nitrogen and oxygen atoms in total. The third kappa shape index (κ3) is 5.70. The van der Waals surface area contributed by atoms with Crippen molar-refractivity contribution in [2.24, 2.45) is 0 Å². The predicted molar refractivity (Wildman–Crippen MR) is 155 cm³/mol. The zero-order valence-electron chi connectivity index (χ0n) is 23.8. The zero-order valence-corrected chi connectivity index (χ0v) is 25.4. The van der Waals surface area contributed by atoms with E-state index in [1.165, 1.54) is 0 Å². The molecule has 0 fully saturated rings. The maximum atomic E-state index is 14.0. The maximum absolute atomic E-state index is 14.0. The highest BCUT2D eigenvalue weighted by Crippen LogP contribution is 2.49. The van der Waals surface area contributed by atoms with Crippen LogP contribution in [0.5, 0.6) is 23.0 Å². The molecule has 0 spiro atoms. The van der Waals surface area contributed by atoms with Gasteiger partial charge in [-0.2, -0.15) is 0 Å². The first-order valence-electron chi connectivity index (χ1n) is 13.4. The van der Waals surface area contributed by atoms with Crippen LogP contribution in [0.15, 0.2) is 57.3 Å². The van der Waals surface area contributed by atoms with Gasteiger partial charge in [-0.15, -0.1) is 0 Å². The number of ether oxygens (including phenoxy) is 5. The number of esters is 1. The van der Waals surface area contributed by atoms with Gasteiger partial charge >= 0.3 is 5.97 Å². The van der Waals surface area contributed by atoms with Gasteiger partial charge in [0.1, 0.15) is 0 Å². The minimum atomic E-state index is -0.624. The molecule has 2 aliphatic rings. The van der Waals surface area contributed by atoms with Gasteiger partial charge in [0.05, 0.1) is 44.6 Å². The fraction of sp³-hybridized carbons (Fsp3) is 0.419. The number of halogens is 1. The van der Waals surface area contributed by atoms with Crippen molar-refractivity contribution >= 4 is 27.7 Å². The minimum Gasteiger partial charge on any atom is -0.493 e. The lowest BCUT2D eigenvalue weighted by molar-refractivity contribution is -0.139. The molecule has 1 aliphatic heterocycles. The summed E-state index contributed by atoms with van der Waals surface area (Å²) in [6, 6.07) is 9.48. The molecule has 9 heteroatoms. The summed E-state index contributed by atoms with van der Waals surface area (Å²) in [6.45, 7) is 6.41. The molecule has 4 rings (SSSR count). The quantitative estimate of drug-likeness (QED) is 0.317. The van der Waals surface area contributed by atoms with Gasteiger partial charge in [-0.05, 0) is 83.9 Å². The molecular weight excluding hydrogens is 578 g/mol. The normalized spacial score (nSPS) is 18.6. The van der Waals surface area contributed by atoms with Crippen LogP contribution in [-0.4, -0.2) is 46.3 Å². The number of rotatable bonds is 10. The summed E-state index contributed by atoms with van der Waals surface area (Å²) in [5.41, 5.74) is 4.18. The summed E-state index contributed by atoms with van der Waals surface area (Å²) >= 11 is 3.60. The van der Waals surface area contributed by atoms with Crippen molar-refractivity contribution in [2.75, 3.05) is 34.5 Å². The van der Waals surface area contributed by atoms with E-state index in [-0.39, 0.29) is 11.7 Å². The van der Waals surface area contributed by atoms with Crippen LogP contribution in [0, 0.1) is 0 Å². The molecule has 0 radical (unpaired) electrons. The number of ketones is 1. The number of nitrogens with one attached hydrogen (secondary N) is 1. The number of carbonyl (C=O) groups excluding carboxylic acids is 2. The standard InChI is InChI=1S/C31H36BrNO7/c1-7-11-40-31(35)27-17(3)33-22-13-19(18-9-10-24(36-4)25(15-18)37-5)14-23(34)29(22)28(27)20-12-21(32)30(38-6)26(16-20)39-8-2/h9-10,12,15-16,19,28,33H,7-8,11,13-14H2,1-6H3/t19-,28+/m0/s1. The lowest BCUT2D eigenvalue weighted by Gasteiger charge is -2.37. The number of benzene rings is 2. The average molecular weight is 615 g/mol. The zero-order chi connectivity index (χ0) is 29.0. The van der Waals surface area contributed by atoms with Crippen LogP contribution in [-0.2, 0) is 14.3 Å². The molecule has 1 aliphatic carbocycles. The SMILES string of the molecule is CCCOC(=O)C1=C(C)NC2=C(C(=O)C[C@@H](c3ccc(OC)c(OC)c3)C2)[C@@H]1c1cc(Br)c(OC)c(OCC)c1. The second-order valence-electron chi connectivity index (χ2n) is 9.73. The van der Waals surface area contributed by atoms with Crippen molar-refractivity contribution in [1.29, 1.82) is 0 Å². The third-order valence-electron chi connectivity index (χ3n) is 7.23. The van der Waals surface area contributed by atoms with Gasteiger partial charge in [0.2, 0.25) is 0 Å². The minimum absolute atomic E-state index is 0.0308. The van der Waals surface area contributed by atoms with E-state index < -0.39 is 11.9 Å². The largest absolute Gasteiger partial charge is 0.493 e. The van der Waals surface area contributed by atoms with Crippen LogP contribution in [0.25, 0.3) is 0 Å². The molecule has 0 unspecified atom stereocenters. The first-order valence-corrected chi connectivity index (χ1v) is 14.2. The van der Waals surface area contributed by atoms with E-state index in [2.05, 4.69) is 21.2 Å². The van der Waals surface area contributed by atoms with Gasteiger partial charge < -0.3 is 29.0 Å². The smallest absolute Gasteiger partial charge is 0.336 e. The number of methoxy groups -OCH3 is 3. The molecule has 1 heterocycles. The van der Waals surface area contributed by atoms with E-state index in [4.69, 9.17) is 23.7 Å². The van der Waals surface area contributed by atoms with Crippen molar-refractivity contribution < 1.29 is 33.3 Å². The Balaban J connectivity index is 1.83. The summed E-state index contributed by atoms with van der Waals surface area (Å²) in [5, 5.41) is 3.40. The van der Waals surface area contributed by atoms with Crippen molar-refractivity contribution in [3.63, 3.8) is 0 Å². The van der Waals surface area contributed by atoms with Gasteiger partial charge in [0.15, 0.2) is 28.8 Å². The molecule has 1 N–H and O–H groups in total. The Bertz CT molecular complexity index is 1360. The molecule has 40 heavy (non-hydrogen) atoms. The molecule has 214 valence electrons. The van der Waals surface area contributed by atoms with Crippen molar-refractivity contribution in [2.45, 2.75) is 51.9 Å². The van der Waals surface area contributed by atoms with Gasteiger partial charge in [-0.1, -0.05) is 13.0 Å². The molecule has 0 aromatic heterocycles. The average Bonchev–Trinajstić information content (AvgIpc) is 2.94. The van der Waals surface area contributed by atoms with E-state index in [1.54, 1.807) is 21.3 Å². The summed E-state index contributed by atoms with van der Waals surface area (Å²) in [6.07, 6.45) is 1.58. The number of Topliss-reactive ketones (excluding diaryl/α,β-unsaturated/α-hetero) is 1. The maximum Gasteiger partial charge on any atom is 0.336 e. The first kappa shape index (κ1) is 29.5.